The molecule has 8 nitrogen and oxygen atoms in total. The molecule has 1 fully saturated rings. The van der Waals surface area contributed by atoms with E-state index in [1.807, 2.05) is 12.1 Å². The monoisotopic (exact) mass is 429 g/mol. The molecule has 1 aliphatic rings. The summed E-state index contributed by atoms with van der Waals surface area (Å²) < 4.78 is 12.0. The SMILES string of the molecule is CCOC(=O)C1CCN(C(c2cccnc2)c2c(O)cc(C)n(CCOC)c2=O)CC1. The first-order valence-corrected chi connectivity index (χ1v) is 10.7. The van der Waals surface area contributed by atoms with Crippen molar-refractivity contribution < 1.29 is 19.4 Å². The molecular formula is C23H31N3O5. The minimum Gasteiger partial charge on any atom is -0.507 e. The maximum Gasteiger partial charge on any atom is 0.309 e. The Balaban J connectivity index is 1.99. The highest BCUT2D eigenvalue weighted by atomic mass is 16.5. The van der Waals surface area contributed by atoms with E-state index in [0.29, 0.717) is 56.9 Å². The number of likely N-dealkylation sites (tertiary alicyclic amines) is 1. The second-order valence-electron chi connectivity index (χ2n) is 7.79. The van der Waals surface area contributed by atoms with E-state index in [4.69, 9.17) is 9.47 Å². The number of piperidine rings is 1. The van der Waals surface area contributed by atoms with Gasteiger partial charge in [0, 0.05) is 31.7 Å². The highest BCUT2D eigenvalue weighted by Gasteiger charge is 2.34. The first-order chi connectivity index (χ1) is 15.0. The quantitative estimate of drug-likeness (QED) is 0.644. The Kier molecular flexibility index (Phi) is 7.81. The zero-order valence-corrected chi connectivity index (χ0v) is 18.4. The average Bonchev–Trinajstić information content (AvgIpc) is 2.77. The lowest BCUT2D eigenvalue weighted by molar-refractivity contribution is -0.149. The Morgan fingerprint density at radius 3 is 2.71 bits per heavy atom. The highest BCUT2D eigenvalue weighted by Crippen LogP contribution is 2.35. The molecule has 0 saturated carbocycles. The summed E-state index contributed by atoms with van der Waals surface area (Å²) in [5.74, 6) is -0.339. The Morgan fingerprint density at radius 1 is 1.35 bits per heavy atom. The van der Waals surface area contributed by atoms with Gasteiger partial charge in [-0.3, -0.25) is 19.5 Å². The standard InChI is InChI=1S/C23H31N3O5/c1-4-31-23(29)17-7-10-25(11-8-17)21(18-6-5-9-24-15-18)20-19(27)14-16(2)26(22(20)28)12-13-30-3/h5-6,9,14-15,17,21,27H,4,7-8,10-13H2,1-3H3. The molecule has 3 heterocycles. The number of nitrogens with zero attached hydrogens (tertiary/aromatic N) is 3. The molecule has 8 heteroatoms. The molecule has 1 saturated heterocycles. The molecule has 1 unspecified atom stereocenters. The number of carbonyl (C=O) groups excluding carboxylic acids is 1. The lowest BCUT2D eigenvalue weighted by Crippen LogP contribution is -2.42. The van der Waals surface area contributed by atoms with E-state index in [1.54, 1.807) is 44.0 Å². The third-order valence-corrected chi connectivity index (χ3v) is 5.83. The maximum atomic E-state index is 13.5. The molecule has 0 aromatic carbocycles. The van der Waals surface area contributed by atoms with Gasteiger partial charge in [-0.15, -0.1) is 0 Å². The number of aromatic nitrogens is 2. The zero-order chi connectivity index (χ0) is 22.4. The topological polar surface area (TPSA) is 93.9 Å². The van der Waals surface area contributed by atoms with Crippen LogP contribution in [0.3, 0.4) is 0 Å². The summed E-state index contributed by atoms with van der Waals surface area (Å²) in [5.41, 5.74) is 1.58. The van der Waals surface area contributed by atoms with Crippen LogP contribution in [0.4, 0.5) is 0 Å². The third kappa shape index (κ3) is 5.14. The van der Waals surface area contributed by atoms with Gasteiger partial charge in [-0.05, 0) is 57.5 Å². The van der Waals surface area contributed by atoms with Crippen molar-refractivity contribution in [1.82, 2.24) is 14.5 Å². The van der Waals surface area contributed by atoms with Gasteiger partial charge in [-0.25, -0.2) is 0 Å². The largest absolute Gasteiger partial charge is 0.507 e. The number of hydrogen-bond donors (Lipinski definition) is 1. The summed E-state index contributed by atoms with van der Waals surface area (Å²) >= 11 is 0. The Bertz CT molecular complexity index is 936. The molecule has 0 amide bonds. The van der Waals surface area contributed by atoms with Gasteiger partial charge in [0.15, 0.2) is 0 Å². The van der Waals surface area contributed by atoms with Gasteiger partial charge in [0.1, 0.15) is 5.75 Å². The van der Waals surface area contributed by atoms with Crippen LogP contribution < -0.4 is 5.56 Å². The minimum absolute atomic E-state index is 0.0301. The fraction of sp³-hybridized carbons (Fsp3) is 0.522. The number of carbonyl (C=O) groups is 1. The van der Waals surface area contributed by atoms with Crippen LogP contribution in [-0.4, -0.2) is 58.9 Å². The number of pyridine rings is 2. The van der Waals surface area contributed by atoms with Crippen LogP contribution in [0.25, 0.3) is 0 Å². The second-order valence-corrected chi connectivity index (χ2v) is 7.79. The van der Waals surface area contributed by atoms with Crippen molar-refractivity contribution in [2.45, 2.75) is 39.3 Å². The molecule has 1 atom stereocenters. The molecule has 3 rings (SSSR count). The Morgan fingerprint density at radius 2 is 2.10 bits per heavy atom. The molecule has 0 bridgehead atoms. The van der Waals surface area contributed by atoms with Crippen molar-refractivity contribution in [3.8, 4) is 5.75 Å². The van der Waals surface area contributed by atoms with Crippen molar-refractivity contribution in [3.05, 3.63) is 57.8 Å². The van der Waals surface area contributed by atoms with Crippen LogP contribution in [0.15, 0.2) is 35.4 Å². The number of aryl methyl sites for hydroxylation is 1. The van der Waals surface area contributed by atoms with Crippen LogP contribution in [0, 0.1) is 12.8 Å². The van der Waals surface area contributed by atoms with E-state index < -0.39 is 6.04 Å². The molecule has 1 aliphatic heterocycles. The van der Waals surface area contributed by atoms with E-state index >= 15 is 0 Å². The number of ether oxygens (including phenoxy) is 2. The normalized spacial score (nSPS) is 16.2. The highest BCUT2D eigenvalue weighted by molar-refractivity contribution is 5.72. The summed E-state index contributed by atoms with van der Waals surface area (Å²) in [7, 11) is 1.59. The Hall–Kier alpha value is -2.71. The molecule has 1 N–H and O–H groups in total. The predicted molar refractivity (Wildman–Crippen MR) is 116 cm³/mol. The van der Waals surface area contributed by atoms with E-state index in [0.717, 1.165) is 5.56 Å². The number of rotatable bonds is 8. The lowest BCUT2D eigenvalue weighted by atomic mass is 9.91. The molecular weight excluding hydrogens is 398 g/mol. The first-order valence-electron chi connectivity index (χ1n) is 10.7. The molecule has 31 heavy (non-hydrogen) atoms. The van der Waals surface area contributed by atoms with E-state index in [9.17, 15) is 14.7 Å². The number of hydrogen-bond acceptors (Lipinski definition) is 7. The summed E-state index contributed by atoms with van der Waals surface area (Å²) in [4.78, 5) is 32.0. The fourth-order valence-electron chi connectivity index (χ4n) is 4.24. The van der Waals surface area contributed by atoms with Crippen molar-refractivity contribution in [3.63, 3.8) is 0 Å². The first kappa shape index (κ1) is 23.0. The molecule has 2 aromatic heterocycles. The average molecular weight is 430 g/mol. The predicted octanol–water partition coefficient (Wildman–Crippen LogP) is 2.27. The maximum absolute atomic E-state index is 13.5. The molecule has 168 valence electrons. The van der Waals surface area contributed by atoms with Crippen LogP contribution >= 0.6 is 0 Å². The van der Waals surface area contributed by atoms with Crippen LogP contribution in [0.1, 0.15) is 42.6 Å². The third-order valence-electron chi connectivity index (χ3n) is 5.83. The van der Waals surface area contributed by atoms with E-state index in [1.165, 1.54) is 0 Å². The summed E-state index contributed by atoms with van der Waals surface area (Å²) in [6.45, 7) is 5.98. The van der Waals surface area contributed by atoms with Gasteiger partial charge in [-0.2, -0.15) is 0 Å². The van der Waals surface area contributed by atoms with Crippen LogP contribution in [0.5, 0.6) is 5.75 Å². The number of aromatic hydroxyl groups is 1. The van der Waals surface area contributed by atoms with E-state index in [2.05, 4.69) is 9.88 Å². The van der Waals surface area contributed by atoms with Gasteiger partial charge in [0.05, 0.1) is 30.7 Å². The van der Waals surface area contributed by atoms with Gasteiger partial charge < -0.3 is 19.1 Å². The van der Waals surface area contributed by atoms with Crippen LogP contribution in [0.2, 0.25) is 0 Å². The zero-order valence-electron chi connectivity index (χ0n) is 18.4. The lowest BCUT2D eigenvalue weighted by Gasteiger charge is -2.37. The van der Waals surface area contributed by atoms with Gasteiger partial charge in [0.2, 0.25) is 0 Å². The Labute approximate surface area is 182 Å². The summed E-state index contributed by atoms with van der Waals surface area (Å²) in [6.07, 6.45) is 4.68. The molecule has 0 spiro atoms. The van der Waals surface area contributed by atoms with Gasteiger partial charge in [0.25, 0.3) is 5.56 Å². The van der Waals surface area contributed by atoms with E-state index in [-0.39, 0.29) is 23.2 Å². The van der Waals surface area contributed by atoms with Crippen molar-refractivity contribution in [2.75, 3.05) is 33.4 Å². The molecule has 2 aromatic rings. The van der Waals surface area contributed by atoms with Crippen molar-refractivity contribution in [2.24, 2.45) is 5.92 Å². The number of methoxy groups -OCH3 is 1. The van der Waals surface area contributed by atoms with Crippen molar-refractivity contribution in [1.29, 1.82) is 0 Å². The second kappa shape index (κ2) is 10.5. The molecule has 0 radical (unpaired) electrons. The van der Waals surface area contributed by atoms with Gasteiger partial charge in [-0.1, -0.05) is 6.07 Å². The summed E-state index contributed by atoms with van der Waals surface area (Å²) in [5, 5.41) is 10.8. The van der Waals surface area contributed by atoms with Crippen LogP contribution in [-0.2, 0) is 20.8 Å². The smallest absolute Gasteiger partial charge is 0.309 e. The van der Waals surface area contributed by atoms with Crippen molar-refractivity contribution >= 4 is 5.97 Å². The van der Waals surface area contributed by atoms with Gasteiger partial charge >= 0.3 is 5.97 Å². The minimum atomic E-state index is -0.459. The fourth-order valence-corrected chi connectivity index (χ4v) is 4.24. The summed E-state index contributed by atoms with van der Waals surface area (Å²) in [6, 6.07) is 4.90. The number of esters is 1. The molecule has 0 aliphatic carbocycles.